The number of likely N-dealkylation sites (tertiary alicyclic amines) is 1. The molecule has 2 heterocycles. The Morgan fingerprint density at radius 3 is 2.75 bits per heavy atom. The van der Waals surface area contributed by atoms with Gasteiger partial charge in [0.2, 0.25) is 0 Å². The van der Waals surface area contributed by atoms with E-state index in [0.717, 1.165) is 49.1 Å². The molecule has 5 rings (SSSR count). The Morgan fingerprint density at radius 2 is 2.02 bits per heavy atom. The standard InChI is InChI=1S/C41H49ClN4O7/c1-28-9-4-5-11-34(28)35-12-6-13-41(29(35)2,53-16-8-15-46-14-7-10-33(48)24-46)27-52-38-19-37(51-25-31-17-30(20-43)21-44-22-31)32(18-36(38)42)23-45-40(3,26-47)39(49)50/h4-6,9,11-13,17-19,21-22,29,33,45,47-48H,7-8,10,14-16,23-27H2,1-3H3,(H,49,50)/t29?,33-,40?,41?/m0/s1. The molecule has 0 spiro atoms. The molecule has 3 aromatic rings. The first-order valence-corrected chi connectivity index (χ1v) is 18.4. The van der Waals surface area contributed by atoms with Crippen LogP contribution in [-0.2, 0) is 22.7 Å². The van der Waals surface area contributed by atoms with Crippen molar-refractivity contribution in [2.24, 2.45) is 5.92 Å². The molecule has 282 valence electrons. The highest BCUT2D eigenvalue weighted by molar-refractivity contribution is 6.32. The fourth-order valence-corrected chi connectivity index (χ4v) is 6.93. The van der Waals surface area contributed by atoms with Crippen molar-refractivity contribution in [2.75, 3.05) is 39.5 Å². The third kappa shape index (κ3) is 10.0. The monoisotopic (exact) mass is 744 g/mol. The van der Waals surface area contributed by atoms with Crippen molar-refractivity contribution >= 4 is 23.1 Å². The van der Waals surface area contributed by atoms with Crippen molar-refractivity contribution in [3.8, 4) is 17.6 Å². The number of rotatable bonds is 17. The molecule has 1 aromatic heterocycles. The van der Waals surface area contributed by atoms with E-state index in [1.54, 1.807) is 24.4 Å². The van der Waals surface area contributed by atoms with E-state index in [-0.39, 0.29) is 36.8 Å². The number of carboxylic acids is 1. The molecule has 0 saturated carbocycles. The number of aliphatic carboxylic acids is 1. The maximum Gasteiger partial charge on any atom is 0.326 e. The topological polar surface area (TPSA) is 157 Å². The predicted molar refractivity (Wildman–Crippen MR) is 203 cm³/mol. The predicted octanol–water partition coefficient (Wildman–Crippen LogP) is 5.69. The van der Waals surface area contributed by atoms with Crippen molar-refractivity contribution in [1.82, 2.24) is 15.2 Å². The first-order chi connectivity index (χ1) is 25.5. The lowest BCUT2D eigenvalue weighted by atomic mass is 9.76. The average molecular weight is 745 g/mol. The summed E-state index contributed by atoms with van der Waals surface area (Å²) in [5.74, 6) is -0.595. The number of piperidine rings is 1. The van der Waals surface area contributed by atoms with Gasteiger partial charge in [0.15, 0.2) is 0 Å². The number of halogens is 1. The number of benzene rings is 2. The molecule has 1 fully saturated rings. The van der Waals surface area contributed by atoms with Crippen molar-refractivity contribution in [1.29, 1.82) is 5.26 Å². The van der Waals surface area contributed by atoms with E-state index < -0.39 is 23.7 Å². The zero-order valence-electron chi connectivity index (χ0n) is 30.6. The van der Waals surface area contributed by atoms with E-state index in [1.165, 1.54) is 13.1 Å². The van der Waals surface area contributed by atoms with Crippen molar-refractivity contribution in [3.05, 3.63) is 106 Å². The quantitative estimate of drug-likeness (QED) is 0.126. The number of nitrogens with zero attached hydrogens (tertiary/aromatic N) is 3. The van der Waals surface area contributed by atoms with Gasteiger partial charge in [0.1, 0.15) is 41.9 Å². The Hall–Kier alpha value is -4.28. The van der Waals surface area contributed by atoms with Crippen LogP contribution < -0.4 is 14.8 Å². The minimum atomic E-state index is -1.60. The van der Waals surface area contributed by atoms with Gasteiger partial charge in [-0.2, -0.15) is 5.26 Å². The van der Waals surface area contributed by atoms with Gasteiger partial charge in [0, 0.05) is 61.7 Å². The van der Waals surface area contributed by atoms with Crippen molar-refractivity contribution < 1.29 is 34.3 Å². The first kappa shape index (κ1) is 39.9. The Balaban J connectivity index is 1.41. The Morgan fingerprint density at radius 1 is 1.21 bits per heavy atom. The summed E-state index contributed by atoms with van der Waals surface area (Å²) in [6.45, 7) is 8.13. The summed E-state index contributed by atoms with van der Waals surface area (Å²) < 4.78 is 19.6. The number of aliphatic hydroxyl groups excluding tert-OH is 2. The Labute approximate surface area is 316 Å². The van der Waals surface area contributed by atoms with E-state index in [4.69, 9.17) is 25.8 Å². The van der Waals surface area contributed by atoms with E-state index in [9.17, 15) is 25.4 Å². The van der Waals surface area contributed by atoms with Crippen LogP contribution >= 0.6 is 11.6 Å². The van der Waals surface area contributed by atoms with E-state index in [0.29, 0.717) is 41.3 Å². The third-order valence-corrected chi connectivity index (χ3v) is 10.4. The summed E-state index contributed by atoms with van der Waals surface area (Å²) in [7, 11) is 0. The smallest absolute Gasteiger partial charge is 0.326 e. The van der Waals surface area contributed by atoms with E-state index >= 15 is 0 Å². The second-order valence-corrected chi connectivity index (χ2v) is 14.5. The molecular weight excluding hydrogens is 696 g/mol. The molecule has 4 N–H and O–H groups in total. The number of β-amino-alcohol motifs (C(OH)–C–C–N with tert-alkyl or cyclic N) is 1. The number of allylic oxidation sites excluding steroid dienone is 2. The molecule has 3 unspecified atom stereocenters. The van der Waals surface area contributed by atoms with Crippen LogP contribution in [0.25, 0.3) is 5.57 Å². The minimum Gasteiger partial charge on any atom is -0.489 e. The number of nitriles is 1. The number of hydrogen-bond donors (Lipinski definition) is 4. The van der Waals surface area contributed by atoms with Gasteiger partial charge in [0.05, 0.1) is 23.3 Å². The fraction of sp³-hybridized carbons (Fsp3) is 0.439. The Bertz CT molecular complexity index is 1840. The minimum absolute atomic E-state index is 0.0145. The highest BCUT2D eigenvalue weighted by Gasteiger charge is 2.40. The van der Waals surface area contributed by atoms with Crippen LogP contribution in [0.4, 0.5) is 0 Å². The molecule has 2 aliphatic rings. The molecular formula is C41H49ClN4O7. The van der Waals surface area contributed by atoms with Crippen LogP contribution in [0.2, 0.25) is 5.02 Å². The number of carboxylic acid groups (broad SMARTS) is 1. The second kappa shape index (κ2) is 18.2. The molecule has 1 saturated heterocycles. The van der Waals surface area contributed by atoms with Crippen LogP contribution in [0, 0.1) is 24.2 Å². The van der Waals surface area contributed by atoms with Gasteiger partial charge in [-0.3, -0.25) is 15.1 Å². The molecule has 53 heavy (non-hydrogen) atoms. The molecule has 0 radical (unpaired) electrons. The van der Waals surface area contributed by atoms with Crippen LogP contribution in [0.5, 0.6) is 11.5 Å². The number of aryl methyl sites for hydroxylation is 1. The van der Waals surface area contributed by atoms with Crippen molar-refractivity contribution in [2.45, 2.75) is 70.4 Å². The van der Waals surface area contributed by atoms with Gasteiger partial charge in [0.25, 0.3) is 0 Å². The number of aromatic nitrogens is 1. The van der Waals surface area contributed by atoms with E-state index in [1.807, 2.05) is 24.3 Å². The lowest BCUT2D eigenvalue weighted by Gasteiger charge is -2.40. The lowest BCUT2D eigenvalue weighted by molar-refractivity contribution is -0.145. The molecule has 11 nitrogen and oxygen atoms in total. The largest absolute Gasteiger partial charge is 0.489 e. The van der Waals surface area contributed by atoms with Crippen LogP contribution in [0.3, 0.4) is 0 Å². The summed E-state index contributed by atoms with van der Waals surface area (Å²) in [4.78, 5) is 18.3. The summed E-state index contributed by atoms with van der Waals surface area (Å²) in [5.41, 5.74) is 2.55. The molecule has 0 bridgehead atoms. The molecule has 12 heteroatoms. The summed E-state index contributed by atoms with van der Waals surface area (Å²) >= 11 is 6.86. The molecule has 0 amide bonds. The zero-order chi connectivity index (χ0) is 38.0. The van der Waals surface area contributed by atoms with Gasteiger partial charge in [-0.25, -0.2) is 0 Å². The summed E-state index contributed by atoms with van der Waals surface area (Å²) in [5, 5.41) is 42.2. The SMILES string of the molecule is Cc1ccccc1C1=CC=CC(COc2cc(OCc3cncc(C#N)c3)c(CNC(C)(CO)C(=O)O)cc2Cl)(OCCCN2CCC[C@H](O)C2)C1C. The number of hydrogen-bond acceptors (Lipinski definition) is 10. The normalized spacial score (nSPS) is 21.3. The highest BCUT2D eigenvalue weighted by atomic mass is 35.5. The number of ether oxygens (including phenoxy) is 3. The number of aliphatic hydroxyl groups is 2. The number of carbonyl (C=O) groups is 1. The first-order valence-electron chi connectivity index (χ1n) is 18.0. The molecule has 1 aliphatic carbocycles. The summed E-state index contributed by atoms with van der Waals surface area (Å²) in [6.07, 6.45) is 11.6. The van der Waals surface area contributed by atoms with Crippen molar-refractivity contribution in [3.63, 3.8) is 0 Å². The van der Waals surface area contributed by atoms with Crippen LogP contribution in [0.1, 0.15) is 60.9 Å². The van der Waals surface area contributed by atoms with Crippen LogP contribution in [-0.4, -0.2) is 87.9 Å². The van der Waals surface area contributed by atoms with Gasteiger partial charge < -0.3 is 34.4 Å². The van der Waals surface area contributed by atoms with Gasteiger partial charge in [-0.15, -0.1) is 0 Å². The third-order valence-electron chi connectivity index (χ3n) is 10.1. The number of pyridine rings is 1. The van der Waals surface area contributed by atoms with Gasteiger partial charge in [-0.1, -0.05) is 54.9 Å². The average Bonchev–Trinajstić information content (AvgIpc) is 3.16. The molecule has 4 atom stereocenters. The summed E-state index contributed by atoms with van der Waals surface area (Å²) in [6, 6.07) is 15.3. The molecule has 2 aromatic carbocycles. The molecule has 1 aliphatic heterocycles. The Kier molecular flexibility index (Phi) is 13.7. The second-order valence-electron chi connectivity index (χ2n) is 14.1. The lowest BCUT2D eigenvalue weighted by Crippen LogP contribution is -2.52. The van der Waals surface area contributed by atoms with Gasteiger partial charge in [-0.05, 0) is 74.6 Å². The van der Waals surface area contributed by atoms with E-state index in [2.05, 4.69) is 53.3 Å². The number of nitrogens with one attached hydrogen (secondary N) is 1. The van der Waals surface area contributed by atoms with Crippen LogP contribution in [0.15, 0.2) is 73.1 Å². The highest BCUT2D eigenvalue weighted by Crippen LogP contribution is 2.41. The zero-order valence-corrected chi connectivity index (χ0v) is 31.3. The fourth-order valence-electron chi connectivity index (χ4n) is 6.69. The maximum atomic E-state index is 11.9. The van der Waals surface area contributed by atoms with Gasteiger partial charge >= 0.3 is 5.97 Å². The maximum absolute atomic E-state index is 11.9.